The summed E-state index contributed by atoms with van der Waals surface area (Å²) in [6.45, 7) is 4.24. The van der Waals surface area contributed by atoms with E-state index in [4.69, 9.17) is 5.11 Å². The van der Waals surface area contributed by atoms with Crippen LogP contribution in [0.25, 0.3) is 0 Å². The van der Waals surface area contributed by atoms with Crippen molar-refractivity contribution in [3.8, 4) is 0 Å². The number of rotatable bonds is 5. The first-order valence-electron chi connectivity index (χ1n) is 4.94. The molecule has 3 nitrogen and oxygen atoms in total. The van der Waals surface area contributed by atoms with E-state index >= 15 is 0 Å². The average Bonchev–Trinajstić information content (AvgIpc) is 2.25. The molecular weight excluding hydrogens is 263 g/mol. The first-order chi connectivity index (χ1) is 7.94. The number of aliphatic hydroxyl groups is 1. The summed E-state index contributed by atoms with van der Waals surface area (Å²) in [4.78, 5) is 10.7. The van der Waals surface area contributed by atoms with Crippen LogP contribution in [0.4, 0.5) is 22.0 Å². The maximum atomic E-state index is 13.6. The topological polar surface area (TPSA) is 46.5 Å². The van der Waals surface area contributed by atoms with Gasteiger partial charge in [0, 0.05) is 6.08 Å². The molecule has 0 spiro atoms. The number of hydrogen-bond acceptors (Lipinski definition) is 3. The quantitative estimate of drug-likeness (QED) is 0.476. The molecule has 1 N–H and O–H groups in total. The first-order valence-corrected chi connectivity index (χ1v) is 4.94. The van der Waals surface area contributed by atoms with Crippen molar-refractivity contribution in [2.45, 2.75) is 44.1 Å². The van der Waals surface area contributed by atoms with Gasteiger partial charge in [0.2, 0.25) is 5.60 Å². The molecule has 106 valence electrons. The third-order valence-electron chi connectivity index (χ3n) is 2.50. The highest BCUT2D eigenvalue weighted by Crippen LogP contribution is 2.46. The summed E-state index contributed by atoms with van der Waals surface area (Å²) < 4.78 is 68.7. The molecule has 0 aromatic rings. The fourth-order valence-corrected chi connectivity index (χ4v) is 1.26. The molecule has 0 saturated heterocycles. The Kier molecular flexibility index (Phi) is 4.87. The Morgan fingerprint density at radius 3 is 2.11 bits per heavy atom. The summed E-state index contributed by atoms with van der Waals surface area (Å²) in [5.74, 6) is -5.98. The molecule has 0 fully saturated rings. The lowest BCUT2D eigenvalue weighted by molar-refractivity contribution is -0.348. The number of ether oxygens (including phenoxy) is 1. The predicted octanol–water partition coefficient (Wildman–Crippen LogP) is 2.44. The van der Waals surface area contributed by atoms with Crippen LogP contribution < -0.4 is 0 Å². The predicted molar refractivity (Wildman–Crippen MR) is 52.0 cm³/mol. The van der Waals surface area contributed by atoms with Crippen LogP contribution in [-0.2, 0) is 9.53 Å². The average molecular weight is 276 g/mol. The van der Waals surface area contributed by atoms with Crippen LogP contribution in [0.2, 0.25) is 0 Å². The molecule has 0 radical (unpaired) electrons. The molecule has 0 heterocycles. The van der Waals surface area contributed by atoms with Gasteiger partial charge in [-0.25, -0.2) is 4.79 Å². The molecular formula is C10H13F5O3. The molecule has 0 saturated carbocycles. The number of alkyl halides is 5. The molecule has 0 aliphatic heterocycles. The fraction of sp³-hybridized carbons (Fsp3) is 0.700. The molecule has 18 heavy (non-hydrogen) atoms. The number of carbonyl (C=O) groups is 1. The fourth-order valence-electron chi connectivity index (χ4n) is 1.26. The van der Waals surface area contributed by atoms with Gasteiger partial charge in [-0.15, -0.1) is 0 Å². The van der Waals surface area contributed by atoms with Crippen LogP contribution in [0.5, 0.6) is 0 Å². The van der Waals surface area contributed by atoms with E-state index < -0.39 is 36.2 Å². The Bertz CT molecular complexity index is 326. The Hall–Kier alpha value is -1.18. The molecule has 2 atom stereocenters. The van der Waals surface area contributed by atoms with Gasteiger partial charge in [-0.05, 0) is 13.3 Å². The van der Waals surface area contributed by atoms with Crippen molar-refractivity contribution in [2.75, 3.05) is 0 Å². The van der Waals surface area contributed by atoms with E-state index in [1.165, 1.54) is 0 Å². The molecule has 0 aromatic heterocycles. The van der Waals surface area contributed by atoms with Crippen LogP contribution in [0.15, 0.2) is 12.7 Å². The molecule has 0 rings (SSSR count). The lowest BCUT2D eigenvalue weighted by Gasteiger charge is -2.38. The second kappa shape index (κ2) is 5.21. The number of esters is 1. The summed E-state index contributed by atoms with van der Waals surface area (Å²) in [5.41, 5.74) is -4.26. The monoisotopic (exact) mass is 276 g/mol. The second-order valence-corrected chi connectivity index (χ2v) is 3.62. The maximum absolute atomic E-state index is 13.6. The zero-order valence-corrected chi connectivity index (χ0v) is 9.72. The van der Waals surface area contributed by atoms with E-state index in [0.717, 1.165) is 6.92 Å². The largest absolute Gasteiger partial charge is 0.453 e. The van der Waals surface area contributed by atoms with Crippen molar-refractivity contribution in [3.05, 3.63) is 12.7 Å². The summed E-state index contributed by atoms with van der Waals surface area (Å²) >= 11 is 0. The highest BCUT2D eigenvalue weighted by molar-refractivity contribution is 5.81. The third-order valence-corrected chi connectivity index (χ3v) is 2.50. The smallest absolute Gasteiger partial charge is 0.423 e. The van der Waals surface area contributed by atoms with E-state index in [0.29, 0.717) is 13.0 Å². The van der Waals surface area contributed by atoms with Gasteiger partial charge in [-0.3, -0.25) is 0 Å². The normalized spacial score (nSPS) is 17.8. The van der Waals surface area contributed by atoms with E-state index in [9.17, 15) is 26.7 Å². The highest BCUT2D eigenvalue weighted by Gasteiger charge is 2.70. The zero-order valence-electron chi connectivity index (χ0n) is 9.72. The van der Waals surface area contributed by atoms with Crippen LogP contribution in [0, 0.1) is 0 Å². The van der Waals surface area contributed by atoms with E-state index in [2.05, 4.69) is 11.3 Å². The van der Waals surface area contributed by atoms with Crippen molar-refractivity contribution >= 4 is 5.97 Å². The number of carbonyl (C=O) groups excluding carboxylic acids is 1. The molecule has 0 aliphatic carbocycles. The minimum atomic E-state index is -5.56. The van der Waals surface area contributed by atoms with Crippen molar-refractivity contribution in [2.24, 2.45) is 0 Å². The molecule has 0 aromatic carbocycles. The minimum Gasteiger partial charge on any atom is -0.453 e. The van der Waals surface area contributed by atoms with Gasteiger partial charge in [0.15, 0.2) is 6.10 Å². The van der Waals surface area contributed by atoms with Crippen LogP contribution >= 0.6 is 0 Å². The van der Waals surface area contributed by atoms with E-state index in [-0.39, 0.29) is 0 Å². The van der Waals surface area contributed by atoms with Gasteiger partial charge >= 0.3 is 18.1 Å². The van der Waals surface area contributed by atoms with Crippen molar-refractivity contribution < 1.29 is 36.6 Å². The number of hydrogen-bond donors (Lipinski definition) is 1. The first kappa shape index (κ1) is 16.8. The Morgan fingerprint density at radius 2 is 1.83 bits per heavy atom. The van der Waals surface area contributed by atoms with Gasteiger partial charge in [-0.1, -0.05) is 13.5 Å². The lowest BCUT2D eigenvalue weighted by atomic mass is 9.88. The number of halogens is 5. The Balaban J connectivity index is 5.32. The summed E-state index contributed by atoms with van der Waals surface area (Å²) in [6.07, 6.45) is -8.75. The van der Waals surface area contributed by atoms with Crippen LogP contribution in [0.3, 0.4) is 0 Å². The van der Waals surface area contributed by atoms with Gasteiger partial charge in [0.1, 0.15) is 0 Å². The third kappa shape index (κ3) is 2.80. The van der Waals surface area contributed by atoms with Gasteiger partial charge in [-0.2, -0.15) is 22.0 Å². The van der Waals surface area contributed by atoms with Gasteiger partial charge < -0.3 is 9.84 Å². The van der Waals surface area contributed by atoms with Crippen molar-refractivity contribution in [3.63, 3.8) is 0 Å². The van der Waals surface area contributed by atoms with Crippen LogP contribution in [-0.4, -0.2) is 34.9 Å². The van der Waals surface area contributed by atoms with Crippen LogP contribution in [0.1, 0.15) is 20.3 Å². The van der Waals surface area contributed by atoms with Gasteiger partial charge in [0.05, 0.1) is 0 Å². The summed E-state index contributed by atoms with van der Waals surface area (Å²) in [5, 5.41) is 9.15. The lowest BCUT2D eigenvalue weighted by Crippen LogP contribution is -2.63. The van der Waals surface area contributed by atoms with Crippen molar-refractivity contribution in [1.29, 1.82) is 0 Å². The molecule has 0 bridgehead atoms. The summed E-state index contributed by atoms with van der Waals surface area (Å²) in [7, 11) is 0. The van der Waals surface area contributed by atoms with E-state index in [1.807, 2.05) is 0 Å². The van der Waals surface area contributed by atoms with Crippen molar-refractivity contribution in [1.82, 2.24) is 0 Å². The molecule has 2 unspecified atom stereocenters. The second-order valence-electron chi connectivity index (χ2n) is 3.62. The van der Waals surface area contributed by atoms with Gasteiger partial charge in [0.25, 0.3) is 0 Å². The highest BCUT2D eigenvalue weighted by atomic mass is 19.4. The van der Waals surface area contributed by atoms with E-state index in [1.54, 1.807) is 0 Å². The standard InChI is InChI=1S/C10H13F5O3/c1-4-7(16)18-6(3)9(11,12)8(17,5-2)10(13,14)15/h4,6,17H,1,5H2,2-3H3. The molecule has 8 heteroatoms. The Labute approximate surface area is 100 Å². The minimum absolute atomic E-state index is 0.533. The molecule has 0 aliphatic rings. The maximum Gasteiger partial charge on any atom is 0.423 e. The zero-order chi connectivity index (χ0) is 14.8. The Morgan fingerprint density at radius 1 is 1.39 bits per heavy atom. The summed E-state index contributed by atoms with van der Waals surface area (Å²) in [6, 6.07) is 0. The molecule has 0 amide bonds. The SMILES string of the molecule is C=CC(=O)OC(C)C(F)(F)C(O)(CC)C(F)(F)F.